The molecule has 1 amide bonds. The Labute approximate surface area is 170 Å². The first kappa shape index (κ1) is 19.4. The minimum atomic E-state index is -0.0971. The molecule has 2 aromatic rings. The summed E-state index contributed by atoms with van der Waals surface area (Å²) in [6.45, 7) is 4.13. The van der Waals surface area contributed by atoms with Crippen molar-refractivity contribution in [2.45, 2.75) is 37.6 Å². The summed E-state index contributed by atoms with van der Waals surface area (Å²) in [6.07, 6.45) is 11.2. The van der Waals surface area contributed by atoms with E-state index in [1.54, 1.807) is 12.2 Å². The van der Waals surface area contributed by atoms with Crippen LogP contribution in [0.4, 0.5) is 0 Å². The lowest BCUT2D eigenvalue weighted by Crippen LogP contribution is -2.59. The molecule has 2 fully saturated rings. The molecule has 0 atom stereocenters. The molecule has 3 heterocycles. The van der Waals surface area contributed by atoms with Gasteiger partial charge in [-0.3, -0.25) is 14.1 Å². The molecule has 150 valence electrons. The van der Waals surface area contributed by atoms with Crippen molar-refractivity contribution in [1.29, 1.82) is 0 Å². The highest BCUT2D eigenvalue weighted by atomic mass is 35.5. The second-order valence-corrected chi connectivity index (χ2v) is 8.01. The van der Waals surface area contributed by atoms with Gasteiger partial charge in [0.2, 0.25) is 5.91 Å². The summed E-state index contributed by atoms with van der Waals surface area (Å²) < 4.78 is 7.40. The Balaban J connectivity index is 1.43. The first-order valence-corrected chi connectivity index (χ1v) is 10.5. The van der Waals surface area contributed by atoms with Gasteiger partial charge < -0.3 is 10.1 Å². The molecule has 6 nitrogen and oxygen atoms in total. The maximum atomic E-state index is 12.5. The summed E-state index contributed by atoms with van der Waals surface area (Å²) >= 11 is 6.24. The fourth-order valence-electron chi connectivity index (χ4n) is 4.45. The maximum Gasteiger partial charge on any atom is 0.244 e. The minimum absolute atomic E-state index is 0.0620. The topological polar surface area (TPSA) is 58.9 Å². The molecule has 4 rings (SSSR count). The van der Waals surface area contributed by atoms with Gasteiger partial charge in [-0.15, -0.1) is 0 Å². The van der Waals surface area contributed by atoms with Crippen LogP contribution in [0.15, 0.2) is 30.5 Å². The number of ether oxygens (including phenoxy) is 1. The second kappa shape index (κ2) is 8.64. The van der Waals surface area contributed by atoms with Crippen LogP contribution in [0.2, 0.25) is 5.15 Å². The number of carbonyl (C=O) groups is 1. The Morgan fingerprint density at radius 2 is 2.04 bits per heavy atom. The van der Waals surface area contributed by atoms with E-state index in [9.17, 15) is 4.79 Å². The normalized spacial score (nSPS) is 20.6. The molecule has 0 radical (unpaired) electrons. The SMILES string of the molecule is O=C(/C=C/c1c(Cl)nc2ccccn12)NCC1(N2CCOCC2)CCCCC1. The molecular formula is C21H27ClN4O2. The molecule has 1 saturated carbocycles. The van der Waals surface area contributed by atoms with Crippen LogP contribution in [-0.4, -0.2) is 58.6 Å². The highest BCUT2D eigenvalue weighted by molar-refractivity contribution is 6.31. The summed E-state index contributed by atoms with van der Waals surface area (Å²) in [6, 6.07) is 5.71. The van der Waals surface area contributed by atoms with Gasteiger partial charge in [0.15, 0.2) is 5.15 Å². The van der Waals surface area contributed by atoms with Crippen molar-refractivity contribution < 1.29 is 9.53 Å². The summed E-state index contributed by atoms with van der Waals surface area (Å²) in [5.74, 6) is -0.0971. The van der Waals surface area contributed by atoms with E-state index in [0.717, 1.165) is 44.8 Å². The first-order chi connectivity index (χ1) is 13.7. The molecule has 0 spiro atoms. The molecule has 7 heteroatoms. The van der Waals surface area contributed by atoms with E-state index < -0.39 is 0 Å². The Bertz CT molecular complexity index is 851. The van der Waals surface area contributed by atoms with Crippen LogP contribution in [-0.2, 0) is 9.53 Å². The van der Waals surface area contributed by atoms with Crippen molar-refractivity contribution in [3.63, 3.8) is 0 Å². The van der Waals surface area contributed by atoms with Crippen LogP contribution in [0.5, 0.6) is 0 Å². The fourth-order valence-corrected chi connectivity index (χ4v) is 4.69. The molecular weight excluding hydrogens is 376 g/mol. The quantitative estimate of drug-likeness (QED) is 0.780. The molecule has 1 aliphatic heterocycles. The zero-order chi connectivity index (χ0) is 19.4. The van der Waals surface area contributed by atoms with Crippen LogP contribution in [0.1, 0.15) is 37.8 Å². The number of pyridine rings is 1. The van der Waals surface area contributed by atoms with Crippen molar-refractivity contribution in [3.05, 3.63) is 41.3 Å². The largest absolute Gasteiger partial charge is 0.379 e. The maximum absolute atomic E-state index is 12.5. The Hall–Kier alpha value is -1.89. The van der Waals surface area contributed by atoms with Gasteiger partial charge in [0.05, 0.1) is 18.9 Å². The predicted octanol–water partition coefficient (Wildman–Crippen LogP) is 3.15. The van der Waals surface area contributed by atoms with E-state index in [1.165, 1.54) is 19.3 Å². The van der Waals surface area contributed by atoms with Crippen LogP contribution < -0.4 is 5.32 Å². The third-order valence-electron chi connectivity index (χ3n) is 5.97. The Kier molecular flexibility index (Phi) is 5.99. The number of morpholine rings is 1. The molecule has 28 heavy (non-hydrogen) atoms. The minimum Gasteiger partial charge on any atom is -0.379 e. The molecule has 0 bridgehead atoms. The van der Waals surface area contributed by atoms with Crippen LogP contribution in [0.3, 0.4) is 0 Å². The van der Waals surface area contributed by atoms with Gasteiger partial charge in [-0.05, 0) is 31.1 Å². The van der Waals surface area contributed by atoms with Gasteiger partial charge in [0, 0.05) is 37.4 Å². The third-order valence-corrected chi connectivity index (χ3v) is 6.25. The van der Waals surface area contributed by atoms with E-state index in [-0.39, 0.29) is 11.4 Å². The zero-order valence-electron chi connectivity index (χ0n) is 16.1. The number of rotatable bonds is 5. The number of nitrogens with zero attached hydrogens (tertiary/aromatic N) is 3. The number of carbonyl (C=O) groups excluding carboxylic acids is 1. The van der Waals surface area contributed by atoms with E-state index in [4.69, 9.17) is 16.3 Å². The number of halogens is 1. The van der Waals surface area contributed by atoms with Crippen molar-refractivity contribution in [3.8, 4) is 0 Å². The molecule has 2 aliphatic rings. The lowest BCUT2D eigenvalue weighted by molar-refractivity contribution is -0.117. The fraction of sp³-hybridized carbons (Fsp3) is 0.524. The highest BCUT2D eigenvalue weighted by Crippen LogP contribution is 2.33. The number of fused-ring (bicyclic) bond motifs is 1. The van der Waals surface area contributed by atoms with Gasteiger partial charge in [-0.25, -0.2) is 4.98 Å². The third kappa shape index (κ3) is 4.09. The number of hydrogen-bond acceptors (Lipinski definition) is 4. The van der Waals surface area contributed by atoms with E-state index in [0.29, 0.717) is 17.4 Å². The number of aromatic nitrogens is 2. The summed E-state index contributed by atoms with van der Waals surface area (Å²) in [5, 5.41) is 3.54. The zero-order valence-corrected chi connectivity index (χ0v) is 16.8. The average Bonchev–Trinajstić information content (AvgIpc) is 3.07. The van der Waals surface area contributed by atoms with Crippen LogP contribution in [0.25, 0.3) is 11.7 Å². The van der Waals surface area contributed by atoms with Gasteiger partial charge in [0.1, 0.15) is 5.65 Å². The smallest absolute Gasteiger partial charge is 0.244 e. The lowest BCUT2D eigenvalue weighted by atomic mass is 9.79. The van der Waals surface area contributed by atoms with Gasteiger partial charge in [0.25, 0.3) is 0 Å². The number of nitrogens with one attached hydrogen (secondary N) is 1. The summed E-state index contributed by atoms with van der Waals surface area (Å²) in [4.78, 5) is 19.4. The van der Waals surface area contributed by atoms with Gasteiger partial charge in [-0.1, -0.05) is 36.9 Å². The number of imidazole rings is 1. The summed E-state index contributed by atoms with van der Waals surface area (Å²) in [7, 11) is 0. The van der Waals surface area contributed by atoms with E-state index >= 15 is 0 Å². The highest BCUT2D eigenvalue weighted by Gasteiger charge is 2.38. The van der Waals surface area contributed by atoms with Crippen molar-refractivity contribution in [2.75, 3.05) is 32.8 Å². The molecule has 0 aromatic carbocycles. The van der Waals surface area contributed by atoms with Gasteiger partial charge in [-0.2, -0.15) is 0 Å². The average molecular weight is 403 g/mol. The summed E-state index contributed by atoms with van der Waals surface area (Å²) in [5.41, 5.74) is 1.54. The second-order valence-electron chi connectivity index (χ2n) is 7.65. The Morgan fingerprint density at radius 1 is 1.25 bits per heavy atom. The Morgan fingerprint density at radius 3 is 2.82 bits per heavy atom. The number of hydrogen-bond donors (Lipinski definition) is 1. The predicted molar refractivity (Wildman–Crippen MR) is 110 cm³/mol. The molecule has 1 aliphatic carbocycles. The standard InChI is InChI=1S/C21H27ClN4O2/c22-20-17(26-11-5-2-6-18(26)24-20)7-8-19(27)23-16-21(9-3-1-4-10-21)25-12-14-28-15-13-25/h2,5-8,11H,1,3-4,9-10,12-16H2,(H,23,27)/b8-7+. The van der Waals surface area contributed by atoms with Crippen molar-refractivity contribution in [2.24, 2.45) is 0 Å². The molecule has 1 N–H and O–H groups in total. The van der Waals surface area contributed by atoms with Crippen LogP contribution >= 0.6 is 11.6 Å². The van der Waals surface area contributed by atoms with Crippen molar-refractivity contribution in [1.82, 2.24) is 19.6 Å². The molecule has 2 aromatic heterocycles. The monoisotopic (exact) mass is 402 g/mol. The molecule has 1 saturated heterocycles. The first-order valence-electron chi connectivity index (χ1n) is 10.1. The van der Waals surface area contributed by atoms with Crippen LogP contribution in [0, 0.1) is 0 Å². The van der Waals surface area contributed by atoms with Gasteiger partial charge >= 0.3 is 0 Å². The van der Waals surface area contributed by atoms with E-state index in [1.807, 2.05) is 28.8 Å². The molecule has 0 unspecified atom stereocenters. The lowest BCUT2D eigenvalue weighted by Gasteiger charge is -2.48. The number of amides is 1. The van der Waals surface area contributed by atoms with Crippen molar-refractivity contribution >= 4 is 29.2 Å². The van der Waals surface area contributed by atoms with E-state index in [2.05, 4.69) is 15.2 Å².